The third-order valence-corrected chi connectivity index (χ3v) is 6.00. The Bertz CT molecular complexity index is 942. The number of para-hydroxylation sites is 1. The van der Waals surface area contributed by atoms with E-state index in [2.05, 4.69) is 53.3 Å². The predicted molar refractivity (Wildman–Crippen MR) is 109 cm³/mol. The molecule has 1 aliphatic heterocycles. The topological polar surface area (TPSA) is 57.8 Å². The molecular weight excluding hydrogens is 334 g/mol. The van der Waals surface area contributed by atoms with E-state index < -0.39 is 0 Å². The van der Waals surface area contributed by atoms with Gasteiger partial charge >= 0.3 is 0 Å². The van der Waals surface area contributed by atoms with Crippen molar-refractivity contribution in [2.24, 2.45) is 15.6 Å². The molecule has 1 aromatic carbocycles. The lowest BCUT2D eigenvalue weighted by atomic mass is 9.71. The van der Waals surface area contributed by atoms with E-state index >= 15 is 0 Å². The third-order valence-electron chi connectivity index (χ3n) is 6.00. The second kappa shape index (κ2) is 7.01. The van der Waals surface area contributed by atoms with Crippen LogP contribution in [0.4, 0.5) is 0 Å². The minimum Gasteiger partial charge on any atom is -0.389 e. The molecule has 0 radical (unpaired) electrons. The lowest BCUT2D eigenvalue weighted by Gasteiger charge is -2.35. The molecule has 0 bridgehead atoms. The highest BCUT2D eigenvalue weighted by Gasteiger charge is 2.31. The molecule has 4 heteroatoms. The van der Waals surface area contributed by atoms with Gasteiger partial charge in [-0.2, -0.15) is 10.2 Å². The SMILES string of the molecule is CC1=C(/C=C/C2CC(c3cnc4ccccc4c3)N=N2)C(C)(C)CCC1O. The lowest BCUT2D eigenvalue weighted by molar-refractivity contribution is 0.163. The molecule has 3 unspecified atom stereocenters. The summed E-state index contributed by atoms with van der Waals surface area (Å²) in [5.74, 6) is 0. The number of nitrogens with zero attached hydrogens (tertiary/aromatic N) is 3. The van der Waals surface area contributed by atoms with Gasteiger partial charge in [-0.15, -0.1) is 0 Å². The van der Waals surface area contributed by atoms with E-state index in [1.807, 2.05) is 31.3 Å². The Balaban J connectivity index is 1.50. The van der Waals surface area contributed by atoms with Crippen molar-refractivity contribution in [2.75, 3.05) is 0 Å². The molecule has 2 aromatic rings. The Morgan fingerprint density at radius 1 is 1.19 bits per heavy atom. The van der Waals surface area contributed by atoms with Gasteiger partial charge in [0.2, 0.25) is 0 Å². The van der Waals surface area contributed by atoms with Crippen molar-refractivity contribution in [1.82, 2.24) is 4.98 Å². The number of hydrogen-bond donors (Lipinski definition) is 1. The molecule has 1 aromatic heterocycles. The largest absolute Gasteiger partial charge is 0.389 e. The van der Waals surface area contributed by atoms with Crippen LogP contribution in [0.15, 0.2) is 70.1 Å². The number of allylic oxidation sites excluding steroid dienone is 2. The summed E-state index contributed by atoms with van der Waals surface area (Å²) in [6.07, 6.45) is 8.63. The molecule has 0 amide bonds. The summed E-state index contributed by atoms with van der Waals surface area (Å²) >= 11 is 0. The van der Waals surface area contributed by atoms with Gasteiger partial charge in [0.1, 0.15) is 0 Å². The van der Waals surface area contributed by atoms with Crippen LogP contribution >= 0.6 is 0 Å². The van der Waals surface area contributed by atoms with E-state index in [-0.39, 0.29) is 23.6 Å². The minimum atomic E-state index is -0.320. The molecule has 1 N–H and O–H groups in total. The van der Waals surface area contributed by atoms with Gasteiger partial charge in [0.15, 0.2) is 0 Å². The minimum absolute atomic E-state index is 0.0665. The van der Waals surface area contributed by atoms with Gasteiger partial charge < -0.3 is 5.11 Å². The molecule has 3 atom stereocenters. The second-order valence-electron chi connectivity index (χ2n) is 8.41. The summed E-state index contributed by atoms with van der Waals surface area (Å²) in [4.78, 5) is 4.55. The van der Waals surface area contributed by atoms with Gasteiger partial charge in [0.05, 0.1) is 23.7 Å². The number of azo groups is 1. The van der Waals surface area contributed by atoms with Crippen LogP contribution in [0.5, 0.6) is 0 Å². The molecule has 2 aliphatic rings. The fraction of sp³-hybridized carbons (Fsp3) is 0.435. The Labute approximate surface area is 160 Å². The summed E-state index contributed by atoms with van der Waals surface area (Å²) in [6.45, 7) is 6.55. The molecule has 0 saturated heterocycles. The van der Waals surface area contributed by atoms with Crippen molar-refractivity contribution in [2.45, 2.75) is 58.2 Å². The van der Waals surface area contributed by atoms with Crippen LogP contribution in [0.2, 0.25) is 0 Å². The fourth-order valence-corrected chi connectivity index (χ4v) is 4.21. The van der Waals surface area contributed by atoms with Crippen molar-refractivity contribution < 1.29 is 5.11 Å². The first-order chi connectivity index (χ1) is 12.9. The number of aromatic nitrogens is 1. The highest BCUT2D eigenvalue weighted by Crippen LogP contribution is 2.41. The van der Waals surface area contributed by atoms with Crippen LogP contribution in [0.1, 0.15) is 51.6 Å². The van der Waals surface area contributed by atoms with Crippen molar-refractivity contribution >= 4 is 10.9 Å². The first kappa shape index (κ1) is 18.1. The molecule has 0 spiro atoms. The molecule has 4 rings (SSSR count). The maximum atomic E-state index is 10.2. The molecular formula is C23H27N3O. The van der Waals surface area contributed by atoms with Crippen molar-refractivity contribution in [3.63, 3.8) is 0 Å². The Kier molecular flexibility index (Phi) is 4.68. The standard InChI is InChI=1S/C23H27N3O/c1-15-19(23(2,3)11-10-22(15)27)9-8-18-13-21(26-25-18)17-12-16-6-4-5-7-20(16)24-14-17/h4-9,12,14,18,21-22,27H,10-11,13H2,1-3H3/b9-8+. The highest BCUT2D eigenvalue weighted by molar-refractivity contribution is 5.78. The number of rotatable bonds is 3. The van der Waals surface area contributed by atoms with E-state index in [0.717, 1.165) is 41.3 Å². The van der Waals surface area contributed by atoms with Crippen LogP contribution in [0.25, 0.3) is 10.9 Å². The third kappa shape index (κ3) is 3.59. The summed E-state index contributed by atoms with van der Waals surface area (Å²) < 4.78 is 0. The Hall–Kier alpha value is -2.33. The number of benzene rings is 1. The van der Waals surface area contributed by atoms with E-state index in [4.69, 9.17) is 0 Å². The lowest BCUT2D eigenvalue weighted by Crippen LogP contribution is -2.27. The molecule has 1 aliphatic carbocycles. The number of pyridine rings is 1. The molecule has 0 saturated carbocycles. The zero-order chi connectivity index (χ0) is 19.0. The van der Waals surface area contributed by atoms with Crippen LogP contribution in [0, 0.1) is 5.41 Å². The number of fused-ring (bicyclic) bond motifs is 1. The maximum absolute atomic E-state index is 10.2. The van der Waals surface area contributed by atoms with E-state index in [1.54, 1.807) is 0 Å². The summed E-state index contributed by atoms with van der Waals surface area (Å²) in [6, 6.07) is 10.5. The zero-order valence-electron chi connectivity index (χ0n) is 16.3. The normalized spacial score (nSPS) is 27.8. The van der Waals surface area contributed by atoms with Crippen LogP contribution in [0.3, 0.4) is 0 Å². The van der Waals surface area contributed by atoms with Gasteiger partial charge in [-0.25, -0.2) is 0 Å². The molecule has 4 nitrogen and oxygen atoms in total. The van der Waals surface area contributed by atoms with E-state index in [0.29, 0.717) is 0 Å². The molecule has 2 heterocycles. The average Bonchev–Trinajstić information content (AvgIpc) is 3.13. The molecule has 0 fully saturated rings. The first-order valence-corrected chi connectivity index (χ1v) is 9.76. The Morgan fingerprint density at radius 3 is 2.85 bits per heavy atom. The van der Waals surface area contributed by atoms with Crippen LogP contribution < -0.4 is 0 Å². The monoisotopic (exact) mass is 361 g/mol. The van der Waals surface area contributed by atoms with Gasteiger partial charge in [-0.05, 0) is 54.0 Å². The number of aliphatic hydroxyl groups is 1. The average molecular weight is 361 g/mol. The zero-order valence-corrected chi connectivity index (χ0v) is 16.3. The van der Waals surface area contributed by atoms with Gasteiger partial charge in [-0.1, -0.05) is 44.2 Å². The second-order valence-corrected chi connectivity index (χ2v) is 8.41. The smallest absolute Gasteiger partial charge is 0.0997 e. The maximum Gasteiger partial charge on any atom is 0.0997 e. The van der Waals surface area contributed by atoms with Crippen LogP contribution in [-0.4, -0.2) is 22.2 Å². The number of aliphatic hydroxyl groups excluding tert-OH is 1. The van der Waals surface area contributed by atoms with Gasteiger partial charge in [-0.3, -0.25) is 4.98 Å². The molecule has 27 heavy (non-hydrogen) atoms. The quantitative estimate of drug-likeness (QED) is 0.779. The van der Waals surface area contributed by atoms with Crippen molar-refractivity contribution in [1.29, 1.82) is 0 Å². The highest BCUT2D eigenvalue weighted by atomic mass is 16.3. The molecule has 140 valence electrons. The van der Waals surface area contributed by atoms with E-state index in [9.17, 15) is 5.11 Å². The summed E-state index contributed by atoms with van der Waals surface area (Å²) in [5.41, 5.74) is 4.56. The van der Waals surface area contributed by atoms with Crippen molar-refractivity contribution in [3.8, 4) is 0 Å². The fourth-order valence-electron chi connectivity index (χ4n) is 4.21. The summed E-state index contributed by atoms with van der Waals surface area (Å²) in [7, 11) is 0. The van der Waals surface area contributed by atoms with Crippen LogP contribution in [-0.2, 0) is 0 Å². The van der Waals surface area contributed by atoms with Crippen molar-refractivity contribution in [3.05, 3.63) is 65.4 Å². The predicted octanol–water partition coefficient (Wildman–Crippen LogP) is 5.55. The Morgan fingerprint density at radius 2 is 2.00 bits per heavy atom. The number of hydrogen-bond acceptors (Lipinski definition) is 4. The van der Waals surface area contributed by atoms with Gasteiger partial charge in [0, 0.05) is 18.0 Å². The van der Waals surface area contributed by atoms with Gasteiger partial charge in [0.25, 0.3) is 0 Å². The van der Waals surface area contributed by atoms with E-state index in [1.165, 1.54) is 5.57 Å². The summed E-state index contributed by atoms with van der Waals surface area (Å²) in [5, 5.41) is 20.3. The first-order valence-electron chi connectivity index (χ1n) is 9.76.